The van der Waals surface area contributed by atoms with Crippen molar-refractivity contribution in [3.63, 3.8) is 0 Å². The number of aromatic amines is 2. The summed E-state index contributed by atoms with van der Waals surface area (Å²) in [5, 5.41) is 18.0. The predicted molar refractivity (Wildman–Crippen MR) is 124 cm³/mol. The third kappa shape index (κ3) is 3.45. The highest BCUT2D eigenvalue weighted by atomic mass is 16.5. The number of ketones is 1. The van der Waals surface area contributed by atoms with Gasteiger partial charge in [0.1, 0.15) is 5.82 Å². The van der Waals surface area contributed by atoms with Crippen LogP contribution >= 0.6 is 0 Å². The van der Waals surface area contributed by atoms with Crippen LogP contribution in [0.5, 0.6) is 11.5 Å². The molecular formula is C25H23N3O6. The largest absolute Gasteiger partial charge is 0.493 e. The zero-order chi connectivity index (χ0) is 24.0. The molecule has 1 aliphatic carbocycles. The van der Waals surface area contributed by atoms with E-state index < -0.39 is 11.9 Å². The Hall–Kier alpha value is -4.27. The Labute approximate surface area is 194 Å². The lowest BCUT2D eigenvalue weighted by atomic mass is 9.72. The van der Waals surface area contributed by atoms with Gasteiger partial charge < -0.3 is 19.9 Å². The van der Waals surface area contributed by atoms with E-state index in [1.54, 1.807) is 26.4 Å². The average molecular weight is 461 g/mol. The Kier molecular flexibility index (Phi) is 5.24. The first-order valence-corrected chi connectivity index (χ1v) is 10.8. The number of carboxylic acids is 1. The summed E-state index contributed by atoms with van der Waals surface area (Å²) in [4.78, 5) is 37.4. The molecule has 3 aromatic rings. The van der Waals surface area contributed by atoms with Crippen LogP contribution in [-0.2, 0) is 4.79 Å². The van der Waals surface area contributed by atoms with Crippen molar-refractivity contribution >= 4 is 17.6 Å². The number of carbonyl (C=O) groups excluding carboxylic acids is 1. The van der Waals surface area contributed by atoms with E-state index in [4.69, 9.17) is 9.47 Å². The van der Waals surface area contributed by atoms with Crippen LogP contribution < -0.4 is 20.3 Å². The SMILES string of the molecule is COc1ccc(C2CC(=O)C3=C(C2)Nc2[nH][nH]c(=O)c2C3c2ccc(C(=O)O)cc2)cc1OC. The molecule has 0 spiro atoms. The minimum absolute atomic E-state index is 0.0629. The second-order valence-electron chi connectivity index (χ2n) is 8.39. The number of allylic oxidation sites excluding steroid dienone is 2. The molecule has 0 saturated heterocycles. The molecule has 5 rings (SSSR count). The number of hydrogen-bond donors (Lipinski definition) is 4. The molecule has 0 amide bonds. The highest BCUT2D eigenvalue weighted by Crippen LogP contribution is 2.47. The van der Waals surface area contributed by atoms with Crippen LogP contribution in [0.2, 0.25) is 0 Å². The summed E-state index contributed by atoms with van der Waals surface area (Å²) in [6.45, 7) is 0. The molecule has 2 unspecified atom stereocenters. The number of aromatic carboxylic acids is 1. The number of nitrogens with one attached hydrogen (secondary N) is 3. The van der Waals surface area contributed by atoms with Crippen molar-refractivity contribution in [3.05, 3.63) is 86.3 Å². The lowest BCUT2D eigenvalue weighted by molar-refractivity contribution is -0.116. The number of aromatic nitrogens is 2. The summed E-state index contributed by atoms with van der Waals surface area (Å²) in [6, 6.07) is 11.9. The van der Waals surface area contributed by atoms with Gasteiger partial charge in [0.25, 0.3) is 5.56 Å². The van der Waals surface area contributed by atoms with Gasteiger partial charge in [0, 0.05) is 23.6 Å². The summed E-state index contributed by atoms with van der Waals surface area (Å²) in [5.74, 6) is -0.0582. The fourth-order valence-electron chi connectivity index (χ4n) is 4.91. The Bertz CT molecular complexity index is 1380. The molecule has 9 heteroatoms. The highest BCUT2D eigenvalue weighted by Gasteiger charge is 2.40. The summed E-state index contributed by atoms with van der Waals surface area (Å²) in [6.07, 6.45) is 0.838. The van der Waals surface area contributed by atoms with Crippen LogP contribution in [0.3, 0.4) is 0 Å². The lowest BCUT2D eigenvalue weighted by Gasteiger charge is -2.34. The standard InChI is InChI=1S/C25H23N3O6/c1-33-18-8-7-14(11-19(18)34-2)15-9-16-21(17(29)10-15)20(22-23(26-16)27-28-24(22)30)12-3-5-13(6-4-12)25(31)32/h3-8,11,15,20H,9-10H2,1-2H3,(H,31,32)(H3,26,27,28,30). The molecule has 0 fully saturated rings. The van der Waals surface area contributed by atoms with Crippen molar-refractivity contribution in [2.24, 2.45) is 0 Å². The van der Waals surface area contributed by atoms with Crippen LogP contribution in [0.25, 0.3) is 0 Å². The lowest BCUT2D eigenvalue weighted by Crippen LogP contribution is -2.31. The van der Waals surface area contributed by atoms with E-state index in [2.05, 4.69) is 15.5 Å². The molecular weight excluding hydrogens is 438 g/mol. The topological polar surface area (TPSA) is 134 Å². The number of carboxylic acid groups (broad SMARTS) is 1. The summed E-state index contributed by atoms with van der Waals surface area (Å²) < 4.78 is 10.8. The number of anilines is 1. The zero-order valence-corrected chi connectivity index (χ0v) is 18.6. The minimum Gasteiger partial charge on any atom is -0.493 e. The molecule has 1 aliphatic heterocycles. The van der Waals surface area contributed by atoms with E-state index in [1.807, 2.05) is 18.2 Å². The number of carbonyl (C=O) groups is 2. The molecule has 9 nitrogen and oxygen atoms in total. The molecule has 2 heterocycles. The molecule has 0 bridgehead atoms. The van der Waals surface area contributed by atoms with Crippen molar-refractivity contribution in [1.82, 2.24) is 10.2 Å². The minimum atomic E-state index is -1.04. The molecule has 4 N–H and O–H groups in total. The van der Waals surface area contributed by atoms with Crippen molar-refractivity contribution < 1.29 is 24.2 Å². The van der Waals surface area contributed by atoms with Crippen molar-refractivity contribution in [2.45, 2.75) is 24.7 Å². The van der Waals surface area contributed by atoms with Gasteiger partial charge >= 0.3 is 5.97 Å². The van der Waals surface area contributed by atoms with E-state index in [1.165, 1.54) is 12.1 Å². The van der Waals surface area contributed by atoms with Crippen molar-refractivity contribution in [2.75, 3.05) is 19.5 Å². The number of rotatable bonds is 5. The van der Waals surface area contributed by atoms with Crippen LogP contribution in [-0.4, -0.2) is 41.3 Å². The molecule has 0 saturated carbocycles. The number of methoxy groups -OCH3 is 2. The van der Waals surface area contributed by atoms with Gasteiger partial charge in [-0.05, 0) is 47.7 Å². The van der Waals surface area contributed by atoms with Gasteiger partial charge in [0.2, 0.25) is 0 Å². The van der Waals surface area contributed by atoms with E-state index in [9.17, 15) is 19.5 Å². The fourth-order valence-corrected chi connectivity index (χ4v) is 4.91. The molecule has 1 aromatic heterocycles. The van der Waals surface area contributed by atoms with Gasteiger partial charge in [-0.2, -0.15) is 0 Å². The number of benzene rings is 2. The van der Waals surface area contributed by atoms with Crippen LogP contribution in [0.1, 0.15) is 51.7 Å². The number of H-pyrrole nitrogens is 2. The zero-order valence-electron chi connectivity index (χ0n) is 18.6. The fraction of sp³-hybridized carbons (Fsp3) is 0.240. The van der Waals surface area contributed by atoms with E-state index in [0.29, 0.717) is 40.4 Å². The average Bonchev–Trinajstić information content (AvgIpc) is 3.22. The van der Waals surface area contributed by atoms with E-state index in [0.717, 1.165) is 11.3 Å². The molecule has 174 valence electrons. The number of hydrogen-bond acceptors (Lipinski definition) is 6. The Morgan fingerprint density at radius 1 is 0.941 bits per heavy atom. The van der Waals surface area contributed by atoms with Crippen molar-refractivity contribution in [1.29, 1.82) is 0 Å². The Balaban J connectivity index is 1.57. The van der Waals surface area contributed by atoms with Gasteiger partial charge in [-0.3, -0.25) is 19.8 Å². The van der Waals surface area contributed by atoms with Crippen molar-refractivity contribution in [3.8, 4) is 11.5 Å². The maximum absolute atomic E-state index is 13.5. The Morgan fingerprint density at radius 2 is 1.65 bits per heavy atom. The first kappa shape index (κ1) is 21.6. The molecule has 2 atom stereocenters. The summed E-state index contributed by atoms with van der Waals surface area (Å²) >= 11 is 0. The highest BCUT2D eigenvalue weighted by molar-refractivity contribution is 6.01. The third-order valence-electron chi connectivity index (χ3n) is 6.55. The number of ether oxygens (including phenoxy) is 2. The van der Waals surface area contributed by atoms with Crippen LogP contribution in [0.15, 0.2) is 58.5 Å². The number of Topliss-reactive ketones (excluding diaryl/α,β-unsaturated/α-hetero) is 1. The second kappa shape index (κ2) is 8.26. The maximum atomic E-state index is 13.5. The first-order valence-electron chi connectivity index (χ1n) is 10.8. The van der Waals surface area contributed by atoms with Gasteiger partial charge in [-0.15, -0.1) is 0 Å². The third-order valence-corrected chi connectivity index (χ3v) is 6.55. The van der Waals surface area contributed by atoms with Gasteiger partial charge in [-0.25, -0.2) is 4.79 Å². The van der Waals surface area contributed by atoms with Gasteiger partial charge in [-0.1, -0.05) is 18.2 Å². The first-order chi connectivity index (χ1) is 16.4. The second-order valence-corrected chi connectivity index (χ2v) is 8.39. The predicted octanol–water partition coefficient (Wildman–Crippen LogP) is 3.38. The summed E-state index contributed by atoms with van der Waals surface area (Å²) in [7, 11) is 3.14. The monoisotopic (exact) mass is 461 g/mol. The maximum Gasteiger partial charge on any atom is 0.335 e. The smallest absolute Gasteiger partial charge is 0.335 e. The normalized spacial score (nSPS) is 19.2. The molecule has 2 aromatic carbocycles. The van der Waals surface area contributed by atoms with Gasteiger partial charge in [0.05, 0.1) is 25.3 Å². The quantitative estimate of drug-likeness (QED) is 0.458. The van der Waals surface area contributed by atoms with Crippen LogP contribution in [0.4, 0.5) is 5.82 Å². The van der Waals surface area contributed by atoms with Gasteiger partial charge in [0.15, 0.2) is 17.3 Å². The van der Waals surface area contributed by atoms with Crippen LogP contribution in [0, 0.1) is 0 Å². The number of fused-ring (bicyclic) bond motifs is 1. The van der Waals surface area contributed by atoms with E-state index in [-0.39, 0.29) is 29.2 Å². The molecule has 34 heavy (non-hydrogen) atoms. The molecule has 2 aliphatic rings. The molecule has 0 radical (unpaired) electrons. The Morgan fingerprint density at radius 3 is 2.32 bits per heavy atom. The van der Waals surface area contributed by atoms with E-state index >= 15 is 0 Å². The summed E-state index contributed by atoms with van der Waals surface area (Å²) in [5.41, 5.74) is 3.15.